The second-order valence-corrected chi connectivity index (χ2v) is 1.35. The minimum Gasteiger partial charge on any atom is -0.424 e. The van der Waals surface area contributed by atoms with Crippen LogP contribution in [0.2, 0.25) is 0 Å². The molecule has 0 aliphatic rings. The van der Waals surface area contributed by atoms with Crippen LogP contribution in [0.15, 0.2) is 12.1 Å². The van der Waals surface area contributed by atoms with Gasteiger partial charge in [-0.3, -0.25) is 0 Å². The highest BCUT2D eigenvalue weighted by atomic mass is 16.4. The molecule has 0 aromatic rings. The summed E-state index contributed by atoms with van der Waals surface area (Å²) in [6.45, 7) is 0.0449. The van der Waals surface area contributed by atoms with Crippen molar-refractivity contribution in [3.63, 3.8) is 0 Å². The molecule has 0 aromatic heterocycles. The van der Waals surface area contributed by atoms with Gasteiger partial charge in [0.2, 0.25) is 0 Å². The second kappa shape index (κ2) is 4.83. The first-order valence-corrected chi connectivity index (χ1v) is 2.41. The molecule has 0 heterocycles. The fourth-order valence-electron chi connectivity index (χ4n) is 0.292. The van der Waals surface area contributed by atoms with Crippen molar-refractivity contribution < 1.29 is 15.2 Å². The van der Waals surface area contributed by atoms with E-state index >= 15 is 0 Å². The maximum absolute atomic E-state index is 8.17. The van der Waals surface area contributed by atoms with Crippen LogP contribution in [0.5, 0.6) is 0 Å². The summed E-state index contributed by atoms with van der Waals surface area (Å²) in [7, 11) is -1.39. The minimum atomic E-state index is -1.39. The van der Waals surface area contributed by atoms with Gasteiger partial charge in [-0.2, -0.15) is 0 Å². The Morgan fingerprint density at radius 2 is 2.00 bits per heavy atom. The van der Waals surface area contributed by atoms with Crippen molar-refractivity contribution in [2.24, 2.45) is 0 Å². The summed E-state index contributed by atoms with van der Waals surface area (Å²) in [5, 5.41) is 24.5. The van der Waals surface area contributed by atoms with Crippen LogP contribution in [0.1, 0.15) is 6.42 Å². The van der Waals surface area contributed by atoms with E-state index in [1.165, 1.54) is 12.1 Å². The summed E-state index contributed by atoms with van der Waals surface area (Å²) in [5.74, 6) is 1.20. The zero-order valence-corrected chi connectivity index (χ0v) is 4.49. The van der Waals surface area contributed by atoms with Crippen LogP contribution in [-0.2, 0) is 0 Å². The van der Waals surface area contributed by atoms with E-state index in [0.29, 0.717) is 6.42 Å². The lowest BCUT2D eigenvalue weighted by molar-refractivity contribution is 0.302. The maximum atomic E-state index is 8.17. The summed E-state index contributed by atoms with van der Waals surface area (Å²) >= 11 is 0. The first-order chi connectivity index (χ1) is 3.77. The Kier molecular flexibility index (Phi) is 4.64. The molecule has 0 aliphatic heterocycles. The molecule has 3 N–H and O–H groups in total. The summed E-state index contributed by atoms with van der Waals surface area (Å²) in [6.07, 6.45) is 1.97. The Morgan fingerprint density at radius 3 is 2.38 bits per heavy atom. The summed E-state index contributed by atoms with van der Waals surface area (Å²) in [4.78, 5) is 0. The third kappa shape index (κ3) is 5.68. The number of rotatable bonds is 3. The first-order valence-electron chi connectivity index (χ1n) is 2.41. The van der Waals surface area contributed by atoms with E-state index in [2.05, 4.69) is 0 Å². The SMILES string of the molecule is OCC/C=C/B(O)O. The lowest BCUT2D eigenvalue weighted by atomic mass is 9.91. The molecule has 3 nitrogen and oxygen atoms in total. The van der Waals surface area contributed by atoms with Gasteiger partial charge in [0.05, 0.1) is 0 Å². The van der Waals surface area contributed by atoms with E-state index in [4.69, 9.17) is 15.2 Å². The second-order valence-electron chi connectivity index (χ2n) is 1.35. The minimum absolute atomic E-state index is 0.0449. The van der Waals surface area contributed by atoms with Crippen molar-refractivity contribution in [3.8, 4) is 0 Å². The van der Waals surface area contributed by atoms with Gasteiger partial charge in [0, 0.05) is 6.61 Å². The van der Waals surface area contributed by atoms with Gasteiger partial charge >= 0.3 is 7.12 Å². The van der Waals surface area contributed by atoms with Crippen LogP contribution in [0, 0.1) is 0 Å². The van der Waals surface area contributed by atoms with Gasteiger partial charge in [-0.15, -0.1) is 0 Å². The first kappa shape index (κ1) is 7.68. The van der Waals surface area contributed by atoms with E-state index in [1.807, 2.05) is 0 Å². The fraction of sp³-hybridized carbons (Fsp3) is 0.500. The molecule has 0 atom stereocenters. The van der Waals surface area contributed by atoms with Gasteiger partial charge in [0.1, 0.15) is 0 Å². The van der Waals surface area contributed by atoms with Crippen molar-refractivity contribution in [2.75, 3.05) is 6.61 Å². The van der Waals surface area contributed by atoms with Crippen molar-refractivity contribution >= 4 is 7.12 Å². The molecule has 0 unspecified atom stereocenters. The van der Waals surface area contributed by atoms with Crippen molar-refractivity contribution in [3.05, 3.63) is 12.1 Å². The Balaban J connectivity index is 3.07. The molecule has 4 heteroatoms. The van der Waals surface area contributed by atoms with Gasteiger partial charge in [-0.05, 0) is 6.42 Å². The Labute approximate surface area is 48.4 Å². The van der Waals surface area contributed by atoms with Crippen LogP contribution in [-0.4, -0.2) is 28.9 Å². The molecule has 8 heavy (non-hydrogen) atoms. The van der Waals surface area contributed by atoms with Crippen LogP contribution in [0.4, 0.5) is 0 Å². The Hall–Kier alpha value is -0.315. The number of aliphatic hydroxyl groups is 1. The summed E-state index contributed by atoms with van der Waals surface area (Å²) in [5.41, 5.74) is 0. The fourth-order valence-corrected chi connectivity index (χ4v) is 0.292. The van der Waals surface area contributed by atoms with Gasteiger partial charge in [-0.25, -0.2) is 0 Å². The maximum Gasteiger partial charge on any atom is 0.480 e. The van der Waals surface area contributed by atoms with Gasteiger partial charge < -0.3 is 15.2 Å². The van der Waals surface area contributed by atoms with Crippen LogP contribution in [0.25, 0.3) is 0 Å². The van der Waals surface area contributed by atoms with E-state index in [0.717, 1.165) is 0 Å². The summed E-state index contributed by atoms with van der Waals surface area (Å²) < 4.78 is 0. The topological polar surface area (TPSA) is 60.7 Å². The van der Waals surface area contributed by atoms with Crippen LogP contribution >= 0.6 is 0 Å². The average molecular weight is 116 g/mol. The lowest BCUT2D eigenvalue weighted by Gasteiger charge is -1.84. The van der Waals surface area contributed by atoms with Crippen molar-refractivity contribution in [2.45, 2.75) is 6.42 Å². The van der Waals surface area contributed by atoms with Gasteiger partial charge in [0.25, 0.3) is 0 Å². The molecular formula is C4H9BO3. The molecule has 0 fully saturated rings. The van der Waals surface area contributed by atoms with E-state index in [9.17, 15) is 0 Å². The number of aliphatic hydroxyl groups excluding tert-OH is 1. The highest BCUT2D eigenvalue weighted by Crippen LogP contribution is 1.79. The predicted octanol–water partition coefficient (Wildman–Crippen LogP) is -1.06. The smallest absolute Gasteiger partial charge is 0.424 e. The molecule has 0 aromatic carbocycles. The quantitative estimate of drug-likeness (QED) is 0.411. The van der Waals surface area contributed by atoms with Gasteiger partial charge in [-0.1, -0.05) is 12.1 Å². The lowest BCUT2D eigenvalue weighted by Crippen LogP contribution is -2.05. The standard InChI is InChI=1S/C4H9BO3/c6-4-2-1-3-5(7)8/h1,3,6-8H,2,4H2/b3-1+. The molecule has 0 aliphatic carbocycles. The summed E-state index contributed by atoms with van der Waals surface area (Å²) in [6, 6.07) is 0. The van der Waals surface area contributed by atoms with Crippen molar-refractivity contribution in [1.29, 1.82) is 0 Å². The van der Waals surface area contributed by atoms with E-state index in [1.54, 1.807) is 0 Å². The molecule has 0 amide bonds. The monoisotopic (exact) mass is 116 g/mol. The zero-order valence-electron chi connectivity index (χ0n) is 4.49. The van der Waals surface area contributed by atoms with Crippen LogP contribution in [0.3, 0.4) is 0 Å². The zero-order chi connectivity index (χ0) is 6.41. The third-order valence-corrected chi connectivity index (χ3v) is 0.604. The largest absolute Gasteiger partial charge is 0.480 e. The molecule has 0 rings (SSSR count). The number of hydrogen-bond acceptors (Lipinski definition) is 3. The Morgan fingerprint density at radius 1 is 1.38 bits per heavy atom. The highest BCUT2D eigenvalue weighted by molar-refractivity contribution is 6.47. The predicted molar refractivity (Wildman–Crippen MR) is 31.0 cm³/mol. The molecule has 0 saturated heterocycles. The van der Waals surface area contributed by atoms with Gasteiger partial charge in [0.15, 0.2) is 0 Å². The molecule has 0 spiro atoms. The molecule has 0 radical (unpaired) electrons. The molecular weight excluding hydrogens is 107 g/mol. The molecule has 46 valence electrons. The highest BCUT2D eigenvalue weighted by Gasteiger charge is 1.95. The van der Waals surface area contributed by atoms with Crippen molar-refractivity contribution in [1.82, 2.24) is 0 Å². The third-order valence-electron chi connectivity index (χ3n) is 0.604. The number of hydrogen-bond donors (Lipinski definition) is 3. The Bertz CT molecular complexity index is 71.7. The molecule has 0 bridgehead atoms. The van der Waals surface area contributed by atoms with Crippen LogP contribution < -0.4 is 0 Å². The molecule has 0 saturated carbocycles. The average Bonchev–Trinajstić information content (AvgIpc) is 1.66. The van der Waals surface area contributed by atoms with E-state index < -0.39 is 7.12 Å². The van der Waals surface area contributed by atoms with E-state index in [-0.39, 0.29) is 6.61 Å². The normalized spacial score (nSPS) is 10.4.